The number of aromatic nitrogens is 1. The molecule has 0 bridgehead atoms. The third-order valence-electron chi connectivity index (χ3n) is 3.68. The molecule has 1 aliphatic rings. The number of fused-ring (bicyclic) bond motifs is 1. The maximum absolute atomic E-state index is 5.20. The Labute approximate surface area is 137 Å². The fourth-order valence-corrected chi connectivity index (χ4v) is 3.15. The minimum Gasteiger partial charge on any atom is -0.463 e. The van der Waals surface area contributed by atoms with Gasteiger partial charge in [0.15, 0.2) is 0 Å². The highest BCUT2D eigenvalue weighted by Crippen LogP contribution is 2.25. The Bertz CT molecular complexity index is 633. The van der Waals surface area contributed by atoms with Gasteiger partial charge in [-0.2, -0.15) is 0 Å². The lowest BCUT2D eigenvalue weighted by molar-refractivity contribution is 0.277. The van der Waals surface area contributed by atoms with Crippen molar-refractivity contribution < 1.29 is 4.42 Å². The number of aryl methyl sites for hydroxylation is 2. The van der Waals surface area contributed by atoms with Crippen LogP contribution in [0.1, 0.15) is 24.8 Å². The Morgan fingerprint density at radius 2 is 1.73 bits per heavy atom. The summed E-state index contributed by atoms with van der Waals surface area (Å²) in [6, 6.07) is 5.99. The summed E-state index contributed by atoms with van der Waals surface area (Å²) in [4.78, 5) is 2.39. The van der Waals surface area contributed by atoms with E-state index in [1.54, 1.807) is 17.6 Å². The van der Waals surface area contributed by atoms with E-state index in [-0.39, 0.29) is 0 Å². The zero-order valence-electron chi connectivity index (χ0n) is 13.8. The highest BCUT2D eigenvalue weighted by Gasteiger charge is 2.02. The van der Waals surface area contributed by atoms with Gasteiger partial charge in [0.2, 0.25) is 0 Å². The molecule has 0 aromatic carbocycles. The second-order valence-corrected chi connectivity index (χ2v) is 6.66. The minimum atomic E-state index is 1.01. The van der Waals surface area contributed by atoms with Crippen molar-refractivity contribution in [3.63, 3.8) is 0 Å². The zero-order valence-corrected chi connectivity index (χ0v) is 14.6. The number of nitrogens with zero attached hydrogens (tertiary/aromatic N) is 2. The number of hydrogen-bond acceptors (Lipinski definition) is 3. The SMILES string of the molecule is CN1CCCCC1.Cc1coc2ccsc12.Cn1cccc1. The Kier molecular flexibility index (Phi) is 6.74. The van der Waals surface area contributed by atoms with Gasteiger partial charge in [0.25, 0.3) is 0 Å². The van der Waals surface area contributed by atoms with Gasteiger partial charge in [-0.1, -0.05) is 6.42 Å². The summed E-state index contributed by atoms with van der Waals surface area (Å²) in [6.45, 7) is 4.70. The van der Waals surface area contributed by atoms with E-state index >= 15 is 0 Å². The average Bonchev–Trinajstić information content (AvgIpc) is 3.23. The van der Waals surface area contributed by atoms with E-state index in [0.717, 1.165) is 5.58 Å². The largest absolute Gasteiger partial charge is 0.463 e. The van der Waals surface area contributed by atoms with Crippen LogP contribution < -0.4 is 0 Å². The summed E-state index contributed by atoms with van der Waals surface area (Å²) in [6.07, 6.45) is 10.1. The first-order valence-electron chi connectivity index (χ1n) is 7.83. The lowest BCUT2D eigenvalue weighted by Crippen LogP contribution is -2.24. The second-order valence-electron chi connectivity index (χ2n) is 5.75. The molecule has 4 heteroatoms. The molecule has 0 spiro atoms. The number of likely N-dealkylation sites (tertiary alicyclic amines) is 1. The lowest BCUT2D eigenvalue weighted by atomic mass is 10.1. The minimum absolute atomic E-state index is 1.01. The molecular formula is C18H26N2OS. The lowest BCUT2D eigenvalue weighted by Gasteiger charge is -2.20. The van der Waals surface area contributed by atoms with Crippen molar-refractivity contribution in [3.8, 4) is 0 Å². The van der Waals surface area contributed by atoms with E-state index in [4.69, 9.17) is 4.42 Å². The van der Waals surface area contributed by atoms with Crippen molar-refractivity contribution in [2.45, 2.75) is 26.2 Å². The predicted octanol–water partition coefficient (Wildman–Crippen LogP) is 4.93. The predicted molar refractivity (Wildman–Crippen MR) is 95.6 cm³/mol. The monoisotopic (exact) mass is 318 g/mol. The zero-order chi connectivity index (χ0) is 15.8. The molecule has 1 fully saturated rings. The van der Waals surface area contributed by atoms with Crippen molar-refractivity contribution in [2.75, 3.05) is 20.1 Å². The van der Waals surface area contributed by atoms with Crippen molar-refractivity contribution in [1.82, 2.24) is 9.47 Å². The third-order valence-corrected chi connectivity index (χ3v) is 4.71. The maximum Gasteiger partial charge on any atom is 0.144 e. The second kappa shape index (κ2) is 8.81. The summed E-state index contributed by atoms with van der Waals surface area (Å²) < 4.78 is 8.47. The van der Waals surface area contributed by atoms with Crippen molar-refractivity contribution in [3.05, 3.63) is 47.8 Å². The highest BCUT2D eigenvalue weighted by atomic mass is 32.1. The molecule has 0 atom stereocenters. The van der Waals surface area contributed by atoms with Gasteiger partial charge in [-0.15, -0.1) is 11.3 Å². The number of rotatable bonds is 0. The van der Waals surface area contributed by atoms with E-state index < -0.39 is 0 Å². The molecule has 1 saturated heterocycles. The van der Waals surface area contributed by atoms with Crippen LogP contribution in [0.3, 0.4) is 0 Å². The smallest absolute Gasteiger partial charge is 0.144 e. The number of piperidine rings is 1. The summed E-state index contributed by atoms with van der Waals surface area (Å²) in [5, 5.41) is 2.04. The molecule has 3 aromatic rings. The fourth-order valence-electron chi connectivity index (χ4n) is 2.36. The first kappa shape index (κ1) is 16.8. The van der Waals surface area contributed by atoms with Gasteiger partial charge in [-0.25, -0.2) is 0 Å². The molecule has 0 saturated carbocycles. The standard InChI is InChI=1S/C7H6OS.C6H13N.C5H7N/c1-5-4-8-6-2-3-9-7(5)6;1-7-5-3-2-4-6-7;1-6-4-2-3-5-6/h2-4H,1H3;2-6H2,1H3;2-5H,1H3. The molecule has 22 heavy (non-hydrogen) atoms. The first-order chi connectivity index (χ1) is 10.7. The Hall–Kier alpha value is -1.52. The molecular weight excluding hydrogens is 292 g/mol. The normalized spacial score (nSPS) is 14.9. The van der Waals surface area contributed by atoms with Gasteiger partial charge in [0, 0.05) is 25.0 Å². The maximum atomic E-state index is 5.20. The van der Waals surface area contributed by atoms with Crippen molar-refractivity contribution in [1.29, 1.82) is 0 Å². The third kappa shape index (κ3) is 5.35. The summed E-state index contributed by atoms with van der Waals surface area (Å²) in [7, 11) is 4.19. The molecule has 0 unspecified atom stereocenters. The van der Waals surface area contributed by atoms with Gasteiger partial charge in [0.05, 0.1) is 11.0 Å². The van der Waals surface area contributed by atoms with E-state index in [1.807, 2.05) is 47.6 Å². The van der Waals surface area contributed by atoms with E-state index in [0.29, 0.717) is 0 Å². The molecule has 1 aliphatic heterocycles. The van der Waals surface area contributed by atoms with Gasteiger partial charge < -0.3 is 13.9 Å². The van der Waals surface area contributed by atoms with Crippen LogP contribution in [0.25, 0.3) is 10.3 Å². The Balaban J connectivity index is 0.000000124. The molecule has 4 rings (SSSR count). The van der Waals surface area contributed by atoms with Crippen LogP contribution in [-0.4, -0.2) is 29.6 Å². The molecule has 4 heterocycles. The van der Waals surface area contributed by atoms with Crippen LogP contribution in [0.15, 0.2) is 46.7 Å². The van der Waals surface area contributed by atoms with Crippen molar-refractivity contribution in [2.24, 2.45) is 7.05 Å². The number of furan rings is 1. The first-order valence-corrected chi connectivity index (χ1v) is 8.71. The number of thiophene rings is 1. The van der Waals surface area contributed by atoms with Crippen LogP contribution in [0, 0.1) is 6.92 Å². The van der Waals surface area contributed by atoms with Crippen LogP contribution in [0.5, 0.6) is 0 Å². The fraction of sp³-hybridized carbons (Fsp3) is 0.444. The molecule has 0 radical (unpaired) electrons. The van der Waals surface area contributed by atoms with E-state index in [2.05, 4.69) is 18.9 Å². The summed E-state index contributed by atoms with van der Waals surface area (Å²) in [5.74, 6) is 0. The van der Waals surface area contributed by atoms with Gasteiger partial charge >= 0.3 is 0 Å². The average molecular weight is 318 g/mol. The molecule has 0 aliphatic carbocycles. The van der Waals surface area contributed by atoms with Crippen LogP contribution >= 0.6 is 11.3 Å². The van der Waals surface area contributed by atoms with Gasteiger partial charge in [-0.3, -0.25) is 0 Å². The topological polar surface area (TPSA) is 21.3 Å². The summed E-state index contributed by atoms with van der Waals surface area (Å²) in [5.41, 5.74) is 2.25. The molecule has 0 amide bonds. The molecule has 120 valence electrons. The molecule has 3 nitrogen and oxygen atoms in total. The van der Waals surface area contributed by atoms with Crippen LogP contribution in [0.4, 0.5) is 0 Å². The van der Waals surface area contributed by atoms with Gasteiger partial charge in [0.1, 0.15) is 5.58 Å². The van der Waals surface area contributed by atoms with Crippen LogP contribution in [0.2, 0.25) is 0 Å². The Morgan fingerprint density at radius 1 is 1.05 bits per heavy atom. The van der Waals surface area contributed by atoms with Crippen LogP contribution in [-0.2, 0) is 7.05 Å². The van der Waals surface area contributed by atoms with E-state index in [9.17, 15) is 0 Å². The van der Waals surface area contributed by atoms with E-state index in [1.165, 1.54) is 42.6 Å². The summed E-state index contributed by atoms with van der Waals surface area (Å²) >= 11 is 1.73. The highest BCUT2D eigenvalue weighted by molar-refractivity contribution is 7.17. The number of hydrogen-bond donors (Lipinski definition) is 0. The Morgan fingerprint density at radius 3 is 2.18 bits per heavy atom. The molecule has 0 N–H and O–H groups in total. The van der Waals surface area contributed by atoms with Crippen molar-refractivity contribution >= 4 is 21.6 Å². The van der Waals surface area contributed by atoms with Gasteiger partial charge in [-0.05, 0) is 63.5 Å². The molecule has 3 aromatic heterocycles. The quantitative estimate of drug-likeness (QED) is 0.586.